The lowest BCUT2D eigenvalue weighted by Crippen LogP contribution is -2.61. The van der Waals surface area contributed by atoms with Crippen molar-refractivity contribution in [3.63, 3.8) is 0 Å². The normalized spacial score (nSPS) is 29.3. The van der Waals surface area contributed by atoms with Crippen molar-refractivity contribution in [1.82, 2.24) is 0 Å². The Hall–Kier alpha value is -1.81. The Morgan fingerprint density at radius 2 is 1.25 bits per heavy atom. The Kier molecular flexibility index (Phi) is 7.49. The summed E-state index contributed by atoms with van der Waals surface area (Å²) in [5, 5.41) is 0. The molecule has 1 aliphatic heterocycles. The summed E-state index contributed by atoms with van der Waals surface area (Å²) in [5.74, 6) is -2.57. The van der Waals surface area contributed by atoms with E-state index in [4.69, 9.17) is 23.7 Å². The fraction of sp³-hybridized carbons (Fsp3) is 0.714. The third-order valence-corrected chi connectivity index (χ3v) is 3.38. The minimum Gasteiger partial charge on any atom is -0.463 e. The molecule has 1 aliphatic rings. The average Bonchev–Trinajstić information content (AvgIpc) is 2.42. The molecular weight excluding hydrogens is 344 g/mol. The first-order valence-electron chi connectivity index (χ1n) is 7.10. The molecule has 5 atom stereocenters. The van der Waals surface area contributed by atoms with E-state index in [1.165, 1.54) is 6.92 Å². The fourth-order valence-corrected chi connectivity index (χ4v) is 2.59. The summed E-state index contributed by atoms with van der Waals surface area (Å²) in [4.78, 5) is 45.1. The van der Waals surface area contributed by atoms with Crippen molar-refractivity contribution >= 4 is 36.5 Å². The van der Waals surface area contributed by atoms with E-state index in [2.05, 4.69) is 12.6 Å². The number of ether oxygens (including phenoxy) is 5. The molecule has 0 saturated carbocycles. The molecule has 2 unspecified atom stereocenters. The molecular formula is C14H20O9S. The molecule has 1 heterocycles. The summed E-state index contributed by atoms with van der Waals surface area (Å²) in [5.41, 5.74) is -0.981. The summed E-state index contributed by atoms with van der Waals surface area (Å²) >= 11 is 4.18. The molecule has 10 heteroatoms. The van der Waals surface area contributed by atoms with Gasteiger partial charge in [-0.15, -0.1) is 12.6 Å². The molecule has 0 radical (unpaired) electrons. The molecule has 0 aliphatic carbocycles. The fourth-order valence-electron chi connectivity index (χ4n) is 2.21. The maximum atomic E-state index is 11.4. The number of rotatable bonds is 5. The largest absolute Gasteiger partial charge is 0.463 e. The maximum absolute atomic E-state index is 11.4. The van der Waals surface area contributed by atoms with Gasteiger partial charge in [0, 0.05) is 27.7 Å². The van der Waals surface area contributed by atoms with Crippen LogP contribution in [0.1, 0.15) is 27.7 Å². The molecule has 0 aromatic rings. The van der Waals surface area contributed by atoms with E-state index >= 15 is 0 Å². The third kappa shape index (κ3) is 6.00. The van der Waals surface area contributed by atoms with Gasteiger partial charge in [-0.1, -0.05) is 0 Å². The topological polar surface area (TPSA) is 114 Å². The van der Waals surface area contributed by atoms with Crippen LogP contribution in [-0.4, -0.2) is 60.3 Å². The van der Waals surface area contributed by atoms with Crippen LogP contribution in [0.4, 0.5) is 0 Å². The Morgan fingerprint density at radius 3 is 1.71 bits per heavy atom. The minimum atomic E-state index is -1.16. The summed E-state index contributed by atoms with van der Waals surface area (Å²) in [6, 6.07) is 0. The van der Waals surface area contributed by atoms with Gasteiger partial charge in [-0.2, -0.15) is 0 Å². The molecule has 9 nitrogen and oxygen atoms in total. The van der Waals surface area contributed by atoms with Crippen molar-refractivity contribution in [1.29, 1.82) is 0 Å². The predicted molar refractivity (Wildman–Crippen MR) is 80.9 cm³/mol. The molecule has 0 spiro atoms. The Labute approximate surface area is 144 Å². The van der Waals surface area contributed by atoms with Crippen LogP contribution in [0.2, 0.25) is 0 Å². The highest BCUT2D eigenvalue weighted by molar-refractivity contribution is 7.80. The molecule has 0 aromatic carbocycles. The van der Waals surface area contributed by atoms with E-state index < -0.39 is 53.7 Å². The molecule has 1 saturated heterocycles. The maximum Gasteiger partial charge on any atom is 0.303 e. The second-order valence-corrected chi connectivity index (χ2v) is 5.60. The summed E-state index contributed by atoms with van der Waals surface area (Å²) in [7, 11) is 0. The second-order valence-electron chi connectivity index (χ2n) is 5.09. The molecule has 24 heavy (non-hydrogen) atoms. The van der Waals surface area contributed by atoms with E-state index in [9.17, 15) is 19.2 Å². The highest BCUT2D eigenvalue weighted by Gasteiger charge is 2.51. The predicted octanol–water partition coefficient (Wildman–Crippen LogP) is -0.000700. The van der Waals surface area contributed by atoms with E-state index in [1.807, 2.05) is 0 Å². The summed E-state index contributed by atoms with van der Waals surface area (Å²) in [6.45, 7) is 4.42. The SMILES string of the molecule is CC(=O)OCC1O[C@H](S)[C@H](OC(C)=O)C(OC(C)=O)[C@@H]1OC(C)=O. The van der Waals surface area contributed by atoms with Gasteiger partial charge in [0.1, 0.15) is 18.1 Å². The molecule has 0 bridgehead atoms. The van der Waals surface area contributed by atoms with Gasteiger partial charge in [0.2, 0.25) is 0 Å². The van der Waals surface area contributed by atoms with Crippen molar-refractivity contribution < 1.29 is 42.9 Å². The quantitative estimate of drug-likeness (QED) is 0.409. The van der Waals surface area contributed by atoms with Crippen LogP contribution in [0.25, 0.3) is 0 Å². The lowest BCUT2D eigenvalue weighted by Gasteiger charge is -2.42. The van der Waals surface area contributed by atoms with Gasteiger partial charge in [0.05, 0.1) is 0 Å². The first kappa shape index (κ1) is 20.2. The Morgan fingerprint density at radius 1 is 0.792 bits per heavy atom. The molecule has 0 N–H and O–H groups in total. The van der Waals surface area contributed by atoms with Crippen molar-refractivity contribution in [3.8, 4) is 0 Å². The number of carbonyl (C=O) groups is 4. The van der Waals surface area contributed by atoms with Crippen LogP contribution < -0.4 is 0 Å². The lowest BCUT2D eigenvalue weighted by atomic mass is 9.99. The van der Waals surface area contributed by atoms with Crippen LogP contribution in [0.5, 0.6) is 0 Å². The second kappa shape index (κ2) is 8.88. The first-order valence-corrected chi connectivity index (χ1v) is 7.62. The summed E-state index contributed by atoms with van der Waals surface area (Å²) in [6.07, 6.45) is -4.35. The molecule has 0 aromatic heterocycles. The van der Waals surface area contributed by atoms with Gasteiger partial charge in [-0.25, -0.2) is 0 Å². The average molecular weight is 364 g/mol. The van der Waals surface area contributed by atoms with Crippen LogP contribution in [-0.2, 0) is 42.9 Å². The number of hydrogen-bond acceptors (Lipinski definition) is 10. The monoisotopic (exact) mass is 364 g/mol. The number of esters is 4. The zero-order valence-corrected chi connectivity index (χ0v) is 14.6. The first-order chi connectivity index (χ1) is 11.1. The zero-order valence-electron chi connectivity index (χ0n) is 13.7. The van der Waals surface area contributed by atoms with E-state index in [1.54, 1.807) is 0 Å². The van der Waals surface area contributed by atoms with E-state index in [-0.39, 0.29) is 6.61 Å². The highest BCUT2D eigenvalue weighted by atomic mass is 32.1. The third-order valence-electron chi connectivity index (χ3n) is 2.97. The van der Waals surface area contributed by atoms with E-state index in [0.29, 0.717) is 0 Å². The smallest absolute Gasteiger partial charge is 0.303 e. The minimum absolute atomic E-state index is 0.255. The van der Waals surface area contributed by atoms with Crippen LogP contribution in [0, 0.1) is 0 Å². The number of thiol groups is 1. The van der Waals surface area contributed by atoms with E-state index in [0.717, 1.165) is 20.8 Å². The van der Waals surface area contributed by atoms with Crippen molar-refractivity contribution in [2.24, 2.45) is 0 Å². The van der Waals surface area contributed by atoms with Gasteiger partial charge in [0.25, 0.3) is 0 Å². The van der Waals surface area contributed by atoms with Gasteiger partial charge in [-0.05, 0) is 0 Å². The van der Waals surface area contributed by atoms with Crippen LogP contribution in [0.3, 0.4) is 0 Å². The summed E-state index contributed by atoms with van der Waals surface area (Å²) < 4.78 is 25.8. The van der Waals surface area contributed by atoms with Gasteiger partial charge < -0.3 is 23.7 Å². The Bertz CT molecular complexity index is 506. The lowest BCUT2D eigenvalue weighted by molar-refractivity contribution is -0.237. The highest BCUT2D eigenvalue weighted by Crippen LogP contribution is 2.30. The Balaban J connectivity index is 3.11. The van der Waals surface area contributed by atoms with Crippen molar-refractivity contribution in [2.75, 3.05) is 6.61 Å². The van der Waals surface area contributed by atoms with Crippen molar-refractivity contribution in [3.05, 3.63) is 0 Å². The zero-order chi connectivity index (χ0) is 18.4. The molecule has 0 amide bonds. The molecule has 1 rings (SSSR count). The van der Waals surface area contributed by atoms with Gasteiger partial charge in [0.15, 0.2) is 18.3 Å². The number of carbonyl (C=O) groups excluding carboxylic acids is 4. The molecule has 136 valence electrons. The molecule has 1 fully saturated rings. The standard InChI is InChI=1S/C14H20O9S/c1-6(15)19-5-10-11(20-7(2)16)12(21-8(3)17)13(14(24)23-10)22-9(4)18/h10-14,24H,5H2,1-4H3/t10?,11-,12?,13-,14-/m1/s1. The number of hydrogen-bond donors (Lipinski definition) is 1. The van der Waals surface area contributed by atoms with Crippen molar-refractivity contribution in [2.45, 2.75) is 57.5 Å². The van der Waals surface area contributed by atoms with Gasteiger partial charge in [-0.3, -0.25) is 19.2 Å². The van der Waals surface area contributed by atoms with Gasteiger partial charge >= 0.3 is 23.9 Å². The van der Waals surface area contributed by atoms with Crippen LogP contribution in [0.15, 0.2) is 0 Å². The van der Waals surface area contributed by atoms with Crippen LogP contribution >= 0.6 is 12.6 Å².